The summed E-state index contributed by atoms with van der Waals surface area (Å²) in [6.45, 7) is 0. The number of ether oxygens (including phenoxy) is 1. The van der Waals surface area contributed by atoms with Gasteiger partial charge in [0.25, 0.3) is 0 Å². The zero-order valence-electron chi connectivity index (χ0n) is 10.9. The number of rotatable bonds is 4. The van der Waals surface area contributed by atoms with Gasteiger partial charge >= 0.3 is 0 Å². The van der Waals surface area contributed by atoms with Gasteiger partial charge in [-0.1, -0.05) is 47.3 Å². The third-order valence-electron chi connectivity index (χ3n) is 4.03. The first kappa shape index (κ1) is 14.0. The molecule has 2 rings (SSSR count). The number of halogens is 1. The zero-order valence-corrected chi connectivity index (χ0v) is 12.4. The van der Waals surface area contributed by atoms with Crippen molar-refractivity contribution in [1.29, 1.82) is 0 Å². The molecule has 1 aliphatic rings. The van der Waals surface area contributed by atoms with Gasteiger partial charge in [0.05, 0.1) is 11.7 Å². The van der Waals surface area contributed by atoms with Crippen molar-refractivity contribution in [3.8, 4) is 0 Å². The minimum Gasteiger partial charge on any atom is -0.390 e. The standard InChI is InChI=1S/C15H21BrO2/c1-18-15(8-3-2-4-9-15)14(17)11-12-6-5-7-13(16)10-12/h5-7,10,14,17H,2-4,8-9,11H2,1H3. The Morgan fingerprint density at radius 1 is 1.33 bits per heavy atom. The molecule has 0 saturated heterocycles. The van der Waals surface area contributed by atoms with Gasteiger partial charge in [-0.25, -0.2) is 0 Å². The molecule has 0 amide bonds. The summed E-state index contributed by atoms with van der Waals surface area (Å²) in [6.07, 6.45) is 5.75. The lowest BCUT2D eigenvalue weighted by Crippen LogP contribution is -2.46. The second kappa shape index (κ2) is 6.18. The van der Waals surface area contributed by atoms with Crippen molar-refractivity contribution in [2.45, 2.75) is 50.2 Å². The van der Waals surface area contributed by atoms with Crippen LogP contribution in [0.15, 0.2) is 28.7 Å². The molecular formula is C15H21BrO2. The van der Waals surface area contributed by atoms with E-state index in [1.54, 1.807) is 7.11 Å². The second-order valence-electron chi connectivity index (χ2n) is 5.18. The zero-order chi connectivity index (χ0) is 13.0. The van der Waals surface area contributed by atoms with Crippen molar-refractivity contribution in [1.82, 2.24) is 0 Å². The summed E-state index contributed by atoms with van der Waals surface area (Å²) in [5, 5.41) is 10.5. The lowest BCUT2D eigenvalue weighted by molar-refractivity contribution is -0.122. The molecule has 0 aliphatic heterocycles. The van der Waals surface area contributed by atoms with Gasteiger partial charge in [0.2, 0.25) is 0 Å². The first-order valence-corrected chi connectivity index (χ1v) is 7.43. The van der Waals surface area contributed by atoms with Gasteiger partial charge < -0.3 is 9.84 Å². The number of aliphatic hydroxyl groups excluding tert-OH is 1. The van der Waals surface area contributed by atoms with E-state index in [1.165, 1.54) is 6.42 Å². The van der Waals surface area contributed by atoms with Crippen LogP contribution in [0.2, 0.25) is 0 Å². The van der Waals surface area contributed by atoms with E-state index in [2.05, 4.69) is 28.1 Å². The Bertz CT molecular complexity index is 386. The highest BCUT2D eigenvalue weighted by molar-refractivity contribution is 9.10. The summed E-state index contributed by atoms with van der Waals surface area (Å²) in [5.74, 6) is 0. The summed E-state index contributed by atoms with van der Waals surface area (Å²) in [6, 6.07) is 8.13. The molecule has 1 atom stereocenters. The van der Waals surface area contributed by atoms with Gasteiger partial charge in [0.15, 0.2) is 0 Å². The highest BCUT2D eigenvalue weighted by Crippen LogP contribution is 2.35. The highest BCUT2D eigenvalue weighted by atomic mass is 79.9. The van der Waals surface area contributed by atoms with Gasteiger partial charge in [-0.15, -0.1) is 0 Å². The topological polar surface area (TPSA) is 29.5 Å². The van der Waals surface area contributed by atoms with Crippen molar-refractivity contribution in [2.24, 2.45) is 0 Å². The maximum atomic E-state index is 10.5. The molecule has 1 aromatic carbocycles. The molecule has 1 unspecified atom stereocenters. The number of benzene rings is 1. The van der Waals surface area contributed by atoms with Crippen molar-refractivity contribution in [3.63, 3.8) is 0 Å². The Hall–Kier alpha value is -0.380. The minimum absolute atomic E-state index is 0.333. The van der Waals surface area contributed by atoms with Crippen LogP contribution in [0.25, 0.3) is 0 Å². The van der Waals surface area contributed by atoms with Gasteiger partial charge in [-0.3, -0.25) is 0 Å². The maximum Gasteiger partial charge on any atom is 0.0939 e. The lowest BCUT2D eigenvalue weighted by Gasteiger charge is -2.40. The molecule has 2 nitrogen and oxygen atoms in total. The van der Waals surface area contributed by atoms with Gasteiger partial charge in [0, 0.05) is 18.0 Å². The summed E-state index contributed by atoms with van der Waals surface area (Å²) in [7, 11) is 1.73. The average Bonchev–Trinajstić information content (AvgIpc) is 2.39. The van der Waals surface area contributed by atoms with E-state index in [9.17, 15) is 5.11 Å². The number of hydrogen-bond donors (Lipinski definition) is 1. The van der Waals surface area contributed by atoms with E-state index < -0.39 is 6.10 Å². The number of hydrogen-bond acceptors (Lipinski definition) is 2. The predicted octanol–water partition coefficient (Wildman–Crippen LogP) is 3.70. The smallest absolute Gasteiger partial charge is 0.0939 e. The molecule has 0 aromatic heterocycles. The van der Waals surface area contributed by atoms with Crippen LogP contribution in [-0.4, -0.2) is 23.9 Å². The first-order chi connectivity index (χ1) is 8.66. The van der Waals surface area contributed by atoms with Crippen molar-refractivity contribution >= 4 is 15.9 Å². The van der Waals surface area contributed by atoms with Crippen LogP contribution in [0.3, 0.4) is 0 Å². The lowest BCUT2D eigenvalue weighted by atomic mass is 9.78. The number of methoxy groups -OCH3 is 1. The molecule has 1 saturated carbocycles. The van der Waals surface area contributed by atoms with Gasteiger partial charge in [-0.2, -0.15) is 0 Å². The van der Waals surface area contributed by atoms with Crippen LogP contribution in [0.5, 0.6) is 0 Å². The van der Waals surface area contributed by atoms with E-state index >= 15 is 0 Å². The average molecular weight is 313 g/mol. The summed E-state index contributed by atoms with van der Waals surface area (Å²) < 4.78 is 6.74. The molecule has 1 aromatic rings. The van der Waals surface area contributed by atoms with Crippen LogP contribution in [0, 0.1) is 0 Å². The SMILES string of the molecule is COC1(C(O)Cc2cccc(Br)c2)CCCCC1. The fourth-order valence-electron chi connectivity index (χ4n) is 2.90. The maximum absolute atomic E-state index is 10.5. The Morgan fingerprint density at radius 3 is 2.67 bits per heavy atom. The van der Waals surface area contributed by atoms with Gasteiger partial charge in [-0.05, 0) is 30.5 Å². The van der Waals surface area contributed by atoms with Crippen LogP contribution in [0.4, 0.5) is 0 Å². The molecule has 18 heavy (non-hydrogen) atoms. The van der Waals surface area contributed by atoms with E-state index in [0.717, 1.165) is 35.7 Å². The van der Waals surface area contributed by atoms with Gasteiger partial charge in [0.1, 0.15) is 0 Å². The minimum atomic E-state index is -0.419. The molecular weight excluding hydrogens is 292 g/mol. The normalized spacial score (nSPS) is 20.6. The molecule has 1 aliphatic carbocycles. The predicted molar refractivity (Wildman–Crippen MR) is 76.7 cm³/mol. The largest absolute Gasteiger partial charge is 0.390 e. The first-order valence-electron chi connectivity index (χ1n) is 6.64. The highest BCUT2D eigenvalue weighted by Gasteiger charge is 2.38. The molecule has 0 spiro atoms. The molecule has 0 bridgehead atoms. The molecule has 100 valence electrons. The Morgan fingerprint density at radius 2 is 2.06 bits per heavy atom. The summed E-state index contributed by atoms with van der Waals surface area (Å²) in [5.41, 5.74) is 0.819. The van der Waals surface area contributed by atoms with Crippen molar-refractivity contribution in [2.75, 3.05) is 7.11 Å². The number of aliphatic hydroxyl groups is 1. The Labute approximate surface area is 117 Å². The second-order valence-corrected chi connectivity index (χ2v) is 6.10. The van der Waals surface area contributed by atoms with E-state index in [-0.39, 0.29) is 5.60 Å². The summed E-state index contributed by atoms with van der Waals surface area (Å²) >= 11 is 3.47. The van der Waals surface area contributed by atoms with Crippen LogP contribution in [-0.2, 0) is 11.2 Å². The molecule has 0 heterocycles. The monoisotopic (exact) mass is 312 g/mol. The third kappa shape index (κ3) is 3.14. The van der Waals surface area contributed by atoms with Crippen LogP contribution < -0.4 is 0 Å². The molecule has 0 radical (unpaired) electrons. The quantitative estimate of drug-likeness (QED) is 0.918. The molecule has 1 fully saturated rings. The van der Waals surface area contributed by atoms with E-state index in [1.807, 2.05) is 12.1 Å². The Balaban J connectivity index is 2.07. The fourth-order valence-corrected chi connectivity index (χ4v) is 3.34. The van der Waals surface area contributed by atoms with Crippen LogP contribution >= 0.6 is 15.9 Å². The summed E-state index contributed by atoms with van der Waals surface area (Å²) in [4.78, 5) is 0. The third-order valence-corrected chi connectivity index (χ3v) is 4.53. The van der Waals surface area contributed by atoms with Crippen LogP contribution in [0.1, 0.15) is 37.7 Å². The molecule has 1 N–H and O–H groups in total. The van der Waals surface area contributed by atoms with Crippen molar-refractivity contribution in [3.05, 3.63) is 34.3 Å². The van der Waals surface area contributed by atoms with E-state index in [0.29, 0.717) is 6.42 Å². The Kier molecular flexibility index (Phi) is 4.82. The molecule has 3 heteroatoms. The van der Waals surface area contributed by atoms with Crippen molar-refractivity contribution < 1.29 is 9.84 Å². The fraction of sp³-hybridized carbons (Fsp3) is 0.600. The van der Waals surface area contributed by atoms with E-state index in [4.69, 9.17) is 4.74 Å².